The summed E-state index contributed by atoms with van der Waals surface area (Å²) in [6.45, 7) is 5.75. The lowest BCUT2D eigenvalue weighted by atomic mass is 9.88. The summed E-state index contributed by atoms with van der Waals surface area (Å²) < 4.78 is 0. The van der Waals surface area contributed by atoms with Gasteiger partial charge in [-0.25, -0.2) is 4.79 Å². The summed E-state index contributed by atoms with van der Waals surface area (Å²) >= 11 is 5.25. The lowest BCUT2D eigenvalue weighted by Gasteiger charge is -2.42. The molecule has 0 spiro atoms. The van der Waals surface area contributed by atoms with E-state index in [9.17, 15) is 14.7 Å². The van der Waals surface area contributed by atoms with Gasteiger partial charge in [-0.2, -0.15) is 0 Å². The number of thiocarbonyl (C=S) groups is 1. The van der Waals surface area contributed by atoms with Gasteiger partial charge in [-0.15, -0.1) is 0 Å². The van der Waals surface area contributed by atoms with Crippen molar-refractivity contribution in [2.24, 2.45) is 0 Å². The molecule has 0 bridgehead atoms. The fourth-order valence-corrected chi connectivity index (χ4v) is 3.71. The van der Waals surface area contributed by atoms with E-state index in [4.69, 9.17) is 12.2 Å². The Bertz CT molecular complexity index is 650. The average Bonchev–Trinajstić information content (AvgIpc) is 2.55. The molecule has 1 saturated carbocycles. The first-order valence-electron chi connectivity index (χ1n) is 8.87. The summed E-state index contributed by atoms with van der Waals surface area (Å²) in [5.41, 5.74) is 0.137. The molecular weight excluding hydrogens is 350 g/mol. The second kappa shape index (κ2) is 8.49. The molecule has 3 N–H and O–H groups in total. The number of nitrogens with one attached hydrogen (secondary N) is 2. The second-order valence-corrected chi connectivity index (χ2v) is 8.03. The molecule has 0 atom stereocenters. The number of nitrogens with zero attached hydrogens (tertiary/aromatic N) is 1. The second-order valence-electron chi connectivity index (χ2n) is 7.62. The molecule has 1 aliphatic carbocycles. The first-order valence-corrected chi connectivity index (χ1v) is 9.28. The number of amides is 2. The summed E-state index contributed by atoms with van der Waals surface area (Å²) in [7, 11) is 0. The van der Waals surface area contributed by atoms with Crippen molar-refractivity contribution in [3.05, 3.63) is 35.9 Å². The Morgan fingerprint density at radius 3 is 2.19 bits per heavy atom. The molecule has 0 aromatic heterocycles. The monoisotopic (exact) mass is 377 g/mol. The third kappa shape index (κ3) is 5.42. The number of hydrogen-bond donors (Lipinski definition) is 3. The maximum absolute atomic E-state index is 12.1. The van der Waals surface area contributed by atoms with Crippen LogP contribution < -0.4 is 10.6 Å². The Morgan fingerprint density at radius 1 is 1.12 bits per heavy atom. The summed E-state index contributed by atoms with van der Waals surface area (Å²) in [4.78, 5) is 25.3. The van der Waals surface area contributed by atoms with Gasteiger partial charge < -0.3 is 15.3 Å². The van der Waals surface area contributed by atoms with E-state index in [1.807, 2.05) is 26.8 Å². The van der Waals surface area contributed by atoms with Gasteiger partial charge >= 0.3 is 6.09 Å². The van der Waals surface area contributed by atoms with Crippen LogP contribution in [-0.2, 0) is 0 Å². The van der Waals surface area contributed by atoms with E-state index in [1.165, 1.54) is 0 Å². The highest BCUT2D eigenvalue weighted by atomic mass is 32.1. The zero-order chi connectivity index (χ0) is 19.3. The predicted octanol–water partition coefficient (Wildman–Crippen LogP) is 3.38. The molecule has 2 rings (SSSR count). The van der Waals surface area contributed by atoms with Crippen molar-refractivity contribution in [2.75, 3.05) is 0 Å². The minimum atomic E-state index is -0.875. The Kier molecular flexibility index (Phi) is 6.58. The van der Waals surface area contributed by atoms with E-state index >= 15 is 0 Å². The van der Waals surface area contributed by atoms with Gasteiger partial charge in [0, 0.05) is 23.2 Å². The molecule has 0 radical (unpaired) electrons. The van der Waals surface area contributed by atoms with Crippen molar-refractivity contribution in [1.29, 1.82) is 0 Å². The Morgan fingerprint density at radius 2 is 1.69 bits per heavy atom. The van der Waals surface area contributed by atoms with Crippen LogP contribution >= 0.6 is 12.2 Å². The maximum Gasteiger partial charge on any atom is 0.407 e. The number of hydrogen-bond acceptors (Lipinski definition) is 3. The van der Waals surface area contributed by atoms with Crippen LogP contribution in [0.25, 0.3) is 0 Å². The van der Waals surface area contributed by atoms with E-state index in [0.717, 1.165) is 25.7 Å². The smallest absolute Gasteiger partial charge is 0.407 e. The topological polar surface area (TPSA) is 81.7 Å². The molecule has 1 aromatic carbocycles. The molecule has 7 heteroatoms. The van der Waals surface area contributed by atoms with Crippen LogP contribution in [0.5, 0.6) is 0 Å². The molecule has 0 aliphatic heterocycles. The van der Waals surface area contributed by atoms with Crippen LogP contribution in [0.4, 0.5) is 4.79 Å². The quantitative estimate of drug-likeness (QED) is 0.704. The number of benzene rings is 1. The largest absolute Gasteiger partial charge is 0.465 e. The lowest BCUT2D eigenvalue weighted by molar-refractivity contribution is 0.0539. The molecule has 1 aromatic rings. The van der Waals surface area contributed by atoms with Gasteiger partial charge in [0.05, 0.1) is 0 Å². The lowest BCUT2D eigenvalue weighted by Crippen LogP contribution is -2.54. The van der Waals surface area contributed by atoms with Gasteiger partial charge in [-0.1, -0.05) is 18.2 Å². The van der Waals surface area contributed by atoms with Crippen LogP contribution in [-0.4, -0.2) is 44.7 Å². The fourth-order valence-electron chi connectivity index (χ4n) is 3.46. The first kappa shape index (κ1) is 20.2. The van der Waals surface area contributed by atoms with E-state index in [-0.39, 0.29) is 18.0 Å². The van der Waals surface area contributed by atoms with Crippen LogP contribution in [0.15, 0.2) is 30.3 Å². The van der Waals surface area contributed by atoms with Crippen molar-refractivity contribution in [1.82, 2.24) is 15.5 Å². The third-order valence-corrected chi connectivity index (χ3v) is 4.81. The van der Waals surface area contributed by atoms with Gasteiger partial charge in [-0.05, 0) is 70.8 Å². The highest BCUT2D eigenvalue weighted by Crippen LogP contribution is 2.28. The van der Waals surface area contributed by atoms with E-state index < -0.39 is 11.6 Å². The zero-order valence-corrected chi connectivity index (χ0v) is 16.3. The predicted molar refractivity (Wildman–Crippen MR) is 105 cm³/mol. The average molecular weight is 378 g/mol. The maximum atomic E-state index is 12.1. The summed E-state index contributed by atoms with van der Waals surface area (Å²) in [5, 5.41) is 15.7. The number of carbonyl (C=O) groups is 2. The SMILES string of the molecule is CC(C)(C)N(C(=O)O)[C@H]1CC[C@H](NC(=S)NC(=O)c2ccccc2)CC1. The molecule has 1 aliphatic rings. The van der Waals surface area contributed by atoms with Gasteiger partial charge in [0.15, 0.2) is 5.11 Å². The fraction of sp³-hybridized carbons (Fsp3) is 0.526. The molecule has 26 heavy (non-hydrogen) atoms. The third-order valence-electron chi connectivity index (χ3n) is 4.59. The molecule has 2 amide bonds. The highest BCUT2D eigenvalue weighted by molar-refractivity contribution is 7.80. The van der Waals surface area contributed by atoms with Gasteiger partial charge in [-0.3, -0.25) is 10.1 Å². The highest BCUT2D eigenvalue weighted by Gasteiger charge is 2.35. The Hall–Kier alpha value is -2.15. The molecule has 6 nitrogen and oxygen atoms in total. The normalized spacial score (nSPS) is 20.1. The van der Waals surface area contributed by atoms with Crippen LogP contribution in [0, 0.1) is 0 Å². The zero-order valence-electron chi connectivity index (χ0n) is 15.5. The number of rotatable bonds is 3. The minimum absolute atomic E-state index is 0.0121. The Labute approximate surface area is 160 Å². The minimum Gasteiger partial charge on any atom is -0.465 e. The van der Waals surface area contributed by atoms with Crippen molar-refractivity contribution < 1.29 is 14.7 Å². The van der Waals surface area contributed by atoms with Gasteiger partial charge in [0.25, 0.3) is 5.91 Å². The molecule has 1 fully saturated rings. The van der Waals surface area contributed by atoms with Crippen LogP contribution in [0.3, 0.4) is 0 Å². The molecule has 0 heterocycles. The van der Waals surface area contributed by atoms with Crippen molar-refractivity contribution >= 4 is 29.3 Å². The van der Waals surface area contributed by atoms with Crippen molar-refractivity contribution in [2.45, 2.75) is 64.1 Å². The number of carboxylic acid groups (broad SMARTS) is 1. The Balaban J connectivity index is 1.84. The summed E-state index contributed by atoms with van der Waals surface area (Å²) in [6, 6.07) is 9.07. The first-order chi connectivity index (χ1) is 12.2. The van der Waals surface area contributed by atoms with Crippen molar-refractivity contribution in [3.63, 3.8) is 0 Å². The molecule has 0 saturated heterocycles. The van der Waals surface area contributed by atoms with Gasteiger partial charge in [0.1, 0.15) is 0 Å². The summed E-state index contributed by atoms with van der Waals surface area (Å²) in [6.07, 6.45) is 2.30. The number of carbonyl (C=O) groups excluding carboxylic acids is 1. The molecule has 142 valence electrons. The van der Waals surface area contributed by atoms with E-state index in [2.05, 4.69) is 10.6 Å². The molecular formula is C19H27N3O3S. The van der Waals surface area contributed by atoms with Crippen LogP contribution in [0.2, 0.25) is 0 Å². The van der Waals surface area contributed by atoms with Gasteiger partial charge in [0.2, 0.25) is 0 Å². The van der Waals surface area contributed by atoms with E-state index in [0.29, 0.717) is 10.7 Å². The summed E-state index contributed by atoms with van der Waals surface area (Å²) in [5.74, 6) is -0.235. The van der Waals surface area contributed by atoms with Crippen LogP contribution in [0.1, 0.15) is 56.8 Å². The van der Waals surface area contributed by atoms with E-state index in [1.54, 1.807) is 29.2 Å². The molecule has 0 unspecified atom stereocenters. The standard InChI is InChI=1S/C19H27N3O3S/c1-19(2,3)22(18(24)25)15-11-9-14(10-12-15)20-17(26)21-16(23)13-7-5-4-6-8-13/h4-8,14-15H,9-12H2,1-3H3,(H,24,25)(H2,20,21,23,26)/t14-,15-. The van der Waals surface area contributed by atoms with Crippen molar-refractivity contribution in [3.8, 4) is 0 Å².